The smallest absolute Gasteiger partial charge is 0.418 e. The first-order valence-electron chi connectivity index (χ1n) is 9.97. The molecule has 14 heteroatoms. The number of nitrogens with zero attached hydrogens (tertiary/aromatic N) is 2. The number of ether oxygens (including phenoxy) is 1. The van der Waals surface area contributed by atoms with Crippen molar-refractivity contribution in [2.24, 2.45) is 0 Å². The van der Waals surface area contributed by atoms with Gasteiger partial charge in [-0.15, -0.1) is 0 Å². The Morgan fingerprint density at radius 2 is 1.80 bits per heavy atom. The predicted octanol–water partition coefficient (Wildman–Crippen LogP) is 2.96. The van der Waals surface area contributed by atoms with Crippen LogP contribution in [0.2, 0.25) is 0 Å². The first kappa shape index (κ1) is 25.1. The van der Waals surface area contributed by atoms with Crippen LogP contribution in [0.25, 0.3) is 0 Å². The highest BCUT2D eigenvalue weighted by Crippen LogP contribution is 2.37. The molecule has 1 fully saturated rings. The van der Waals surface area contributed by atoms with E-state index in [-0.39, 0.29) is 42.0 Å². The fourth-order valence-corrected chi connectivity index (χ4v) is 3.04. The Hall–Kier alpha value is -4.49. The highest BCUT2D eigenvalue weighted by Gasteiger charge is 2.36. The quantitative estimate of drug-likeness (QED) is 0.356. The number of hydrogen-bond acceptors (Lipinski definition) is 7. The van der Waals surface area contributed by atoms with Crippen LogP contribution in [0.4, 0.5) is 30.2 Å². The second-order valence-electron chi connectivity index (χ2n) is 7.33. The number of benzene rings is 2. The van der Waals surface area contributed by atoms with Gasteiger partial charge in [0, 0.05) is 25.0 Å². The third-order valence-electron chi connectivity index (χ3n) is 4.84. The van der Waals surface area contributed by atoms with Gasteiger partial charge in [0.2, 0.25) is 11.8 Å². The molecule has 3 rings (SSSR count). The molecule has 35 heavy (non-hydrogen) atoms. The topological polar surface area (TPSA) is 148 Å². The molecule has 11 nitrogen and oxygen atoms in total. The molecule has 1 heterocycles. The Kier molecular flexibility index (Phi) is 7.03. The fraction of sp³-hybridized carbons (Fsp3) is 0.238. The lowest BCUT2D eigenvalue weighted by molar-refractivity contribution is -0.385. The minimum atomic E-state index is -4.99. The first-order chi connectivity index (χ1) is 16.4. The number of rotatable bonds is 6. The average Bonchev–Trinajstić information content (AvgIpc) is 2.80. The van der Waals surface area contributed by atoms with E-state index in [1.807, 2.05) is 5.32 Å². The molecule has 0 saturated carbocycles. The van der Waals surface area contributed by atoms with Gasteiger partial charge in [0.25, 0.3) is 11.6 Å². The number of halogens is 3. The van der Waals surface area contributed by atoms with Crippen molar-refractivity contribution in [3.63, 3.8) is 0 Å². The molecule has 3 amide bonds. The molecule has 2 aromatic carbocycles. The van der Waals surface area contributed by atoms with E-state index in [2.05, 4.69) is 5.43 Å². The zero-order chi connectivity index (χ0) is 25.9. The number of nitro groups is 1. The van der Waals surface area contributed by atoms with E-state index in [0.29, 0.717) is 0 Å². The summed E-state index contributed by atoms with van der Waals surface area (Å²) in [6.07, 6.45) is -6.44. The van der Waals surface area contributed by atoms with E-state index < -0.39 is 46.0 Å². The van der Waals surface area contributed by atoms with Crippen LogP contribution in [0, 0.1) is 10.1 Å². The minimum absolute atomic E-state index is 0.0209. The lowest BCUT2D eigenvalue weighted by atomic mass is 10.1. The molecule has 2 aromatic rings. The van der Waals surface area contributed by atoms with Gasteiger partial charge in [0.1, 0.15) is 0 Å². The molecule has 0 bridgehead atoms. The van der Waals surface area contributed by atoms with Gasteiger partial charge in [-0.2, -0.15) is 13.2 Å². The van der Waals surface area contributed by atoms with Gasteiger partial charge in [-0.1, -0.05) is 0 Å². The van der Waals surface area contributed by atoms with Crippen molar-refractivity contribution >= 4 is 40.8 Å². The van der Waals surface area contributed by atoms with Crippen LogP contribution in [-0.4, -0.2) is 34.7 Å². The van der Waals surface area contributed by atoms with Crippen LogP contribution in [-0.2, 0) is 25.3 Å². The molecule has 0 radical (unpaired) electrons. The maximum absolute atomic E-state index is 13.3. The number of hydrogen-bond donors (Lipinski definition) is 2. The summed E-state index contributed by atoms with van der Waals surface area (Å²) in [7, 11) is 0. The molecule has 0 spiro atoms. The summed E-state index contributed by atoms with van der Waals surface area (Å²) in [4.78, 5) is 57.9. The molecule has 1 saturated heterocycles. The van der Waals surface area contributed by atoms with Crippen molar-refractivity contribution in [2.75, 3.05) is 10.3 Å². The normalized spacial score (nSPS) is 14.7. The number of hydrazine groups is 1. The van der Waals surface area contributed by atoms with Gasteiger partial charge >= 0.3 is 12.1 Å². The summed E-state index contributed by atoms with van der Waals surface area (Å²) in [5.74, 6) is -2.78. The van der Waals surface area contributed by atoms with E-state index in [1.54, 1.807) is 0 Å². The van der Waals surface area contributed by atoms with E-state index in [4.69, 9.17) is 4.74 Å². The zero-order valence-electron chi connectivity index (χ0n) is 17.9. The maximum Gasteiger partial charge on any atom is 0.418 e. The summed E-state index contributed by atoms with van der Waals surface area (Å²) >= 11 is 0. The first-order valence-corrected chi connectivity index (χ1v) is 9.97. The predicted molar refractivity (Wildman–Crippen MR) is 113 cm³/mol. The second-order valence-corrected chi connectivity index (χ2v) is 7.33. The van der Waals surface area contributed by atoms with Crippen LogP contribution >= 0.6 is 0 Å². The van der Waals surface area contributed by atoms with Crippen molar-refractivity contribution in [1.82, 2.24) is 5.43 Å². The number of carbonyl (C=O) groups is 4. The van der Waals surface area contributed by atoms with Crippen LogP contribution in [0.3, 0.4) is 0 Å². The summed E-state index contributed by atoms with van der Waals surface area (Å²) in [5.41, 5.74) is -0.361. The van der Waals surface area contributed by atoms with Crippen LogP contribution in [0.1, 0.15) is 35.7 Å². The van der Waals surface area contributed by atoms with E-state index in [0.717, 1.165) is 24.1 Å². The fourth-order valence-electron chi connectivity index (χ4n) is 3.04. The van der Waals surface area contributed by atoms with Gasteiger partial charge in [-0.3, -0.25) is 29.9 Å². The number of alkyl halides is 3. The third kappa shape index (κ3) is 5.90. The molecule has 0 aliphatic carbocycles. The van der Waals surface area contributed by atoms with E-state index >= 15 is 0 Å². The van der Waals surface area contributed by atoms with E-state index in [9.17, 15) is 42.5 Å². The summed E-state index contributed by atoms with van der Waals surface area (Å²) in [6.45, 7) is 1.13. The molecular weight excluding hydrogens is 477 g/mol. The van der Waals surface area contributed by atoms with Crippen molar-refractivity contribution in [3.05, 3.63) is 63.7 Å². The lowest BCUT2D eigenvalue weighted by Gasteiger charge is -2.27. The molecular formula is C21H17F3N4O7. The van der Waals surface area contributed by atoms with Crippen molar-refractivity contribution < 1.29 is 42.0 Å². The molecule has 1 aliphatic rings. The molecule has 2 N–H and O–H groups in total. The molecule has 1 aliphatic heterocycles. The number of non-ortho nitro benzene ring substituents is 1. The number of nitro benzene ring substituents is 1. The highest BCUT2D eigenvalue weighted by molar-refractivity contribution is 6.02. The molecule has 184 valence electrons. The number of nitrogens with one attached hydrogen (secondary N) is 2. The molecule has 1 atom stereocenters. The van der Waals surface area contributed by atoms with Crippen molar-refractivity contribution in [2.45, 2.75) is 32.0 Å². The van der Waals surface area contributed by atoms with Gasteiger partial charge in [0.05, 0.1) is 27.4 Å². The number of esters is 1. The Morgan fingerprint density at radius 3 is 2.40 bits per heavy atom. The maximum atomic E-state index is 13.3. The standard InChI is InChI=1S/C21H17F3N4O7/c1-11(19(31)25-16-7-6-14(28(33)34)10-15(16)21(22,23)24)35-20(32)12-2-4-13(5-3-12)27-18(30)9-8-17(29)26-27/h2-7,10-11H,8-9H2,1H3,(H,25,31)(H,26,29). The number of carbonyl (C=O) groups excluding carboxylic acids is 4. The number of anilines is 2. The molecule has 1 unspecified atom stereocenters. The van der Waals surface area contributed by atoms with E-state index in [1.165, 1.54) is 24.3 Å². The van der Waals surface area contributed by atoms with Gasteiger partial charge in [0.15, 0.2) is 6.10 Å². The second kappa shape index (κ2) is 9.79. The Bertz CT molecular complexity index is 1200. The van der Waals surface area contributed by atoms with Crippen LogP contribution < -0.4 is 15.8 Å². The average molecular weight is 494 g/mol. The van der Waals surface area contributed by atoms with Gasteiger partial charge < -0.3 is 10.1 Å². The Balaban J connectivity index is 1.68. The number of amides is 3. The van der Waals surface area contributed by atoms with Crippen LogP contribution in [0.5, 0.6) is 0 Å². The van der Waals surface area contributed by atoms with Crippen LogP contribution in [0.15, 0.2) is 42.5 Å². The third-order valence-corrected chi connectivity index (χ3v) is 4.84. The van der Waals surface area contributed by atoms with Gasteiger partial charge in [-0.05, 0) is 37.3 Å². The monoisotopic (exact) mass is 494 g/mol. The SMILES string of the molecule is CC(OC(=O)c1ccc(N2NC(=O)CCC2=O)cc1)C(=O)Nc1ccc([N+](=O)[O-])cc1C(F)(F)F. The summed E-state index contributed by atoms with van der Waals surface area (Å²) < 4.78 is 44.8. The minimum Gasteiger partial charge on any atom is -0.449 e. The lowest BCUT2D eigenvalue weighted by Crippen LogP contribution is -2.50. The Labute approximate surface area is 195 Å². The summed E-state index contributed by atoms with van der Waals surface area (Å²) in [6, 6.07) is 7.06. The Morgan fingerprint density at radius 1 is 1.14 bits per heavy atom. The van der Waals surface area contributed by atoms with Gasteiger partial charge in [-0.25, -0.2) is 9.80 Å². The largest absolute Gasteiger partial charge is 0.449 e. The molecule has 0 aromatic heterocycles. The zero-order valence-corrected chi connectivity index (χ0v) is 17.9. The van der Waals surface area contributed by atoms with Crippen molar-refractivity contribution in [3.8, 4) is 0 Å². The van der Waals surface area contributed by atoms with Crippen molar-refractivity contribution in [1.29, 1.82) is 0 Å². The summed E-state index contributed by atoms with van der Waals surface area (Å²) in [5, 5.41) is 13.8. The highest BCUT2D eigenvalue weighted by atomic mass is 19.4.